The van der Waals surface area contributed by atoms with Gasteiger partial charge in [-0.05, 0) is 48.0 Å². The highest BCUT2D eigenvalue weighted by Gasteiger charge is 2.21. The Labute approximate surface area is 125 Å². The van der Waals surface area contributed by atoms with Gasteiger partial charge in [-0.25, -0.2) is 9.18 Å². The van der Waals surface area contributed by atoms with Crippen LogP contribution in [0.15, 0.2) is 33.2 Å². The maximum atomic E-state index is 13.5. The van der Waals surface area contributed by atoms with Crippen molar-refractivity contribution < 1.29 is 19.0 Å². The SMILES string of the molecule is CCOC(=O)C(C(C)=NC)=C(O)c1ccc(Br)c(F)c1. The van der Waals surface area contributed by atoms with Crippen molar-refractivity contribution >= 4 is 33.4 Å². The van der Waals surface area contributed by atoms with Crippen LogP contribution in [-0.4, -0.2) is 30.4 Å². The van der Waals surface area contributed by atoms with Crippen molar-refractivity contribution in [1.82, 2.24) is 0 Å². The van der Waals surface area contributed by atoms with Gasteiger partial charge in [0.2, 0.25) is 0 Å². The average Bonchev–Trinajstić information content (AvgIpc) is 2.42. The summed E-state index contributed by atoms with van der Waals surface area (Å²) in [5.41, 5.74) is 0.414. The molecular formula is C14H15BrFNO3. The number of benzene rings is 1. The molecule has 0 unspecified atom stereocenters. The third-order valence-electron chi connectivity index (χ3n) is 2.61. The Morgan fingerprint density at radius 2 is 2.15 bits per heavy atom. The molecule has 0 aromatic heterocycles. The van der Waals surface area contributed by atoms with E-state index in [2.05, 4.69) is 20.9 Å². The molecule has 0 aliphatic carbocycles. The monoisotopic (exact) mass is 343 g/mol. The number of rotatable bonds is 4. The topological polar surface area (TPSA) is 58.9 Å². The van der Waals surface area contributed by atoms with Crippen molar-refractivity contribution in [3.05, 3.63) is 39.6 Å². The zero-order chi connectivity index (χ0) is 15.3. The molecular weight excluding hydrogens is 329 g/mol. The van der Waals surface area contributed by atoms with Crippen LogP contribution in [0, 0.1) is 5.82 Å². The van der Waals surface area contributed by atoms with Crippen LogP contribution < -0.4 is 0 Å². The molecule has 0 heterocycles. The molecule has 6 heteroatoms. The minimum atomic E-state index is -0.698. The molecule has 0 saturated carbocycles. The molecule has 0 atom stereocenters. The van der Waals surface area contributed by atoms with E-state index in [9.17, 15) is 14.3 Å². The first-order valence-corrected chi connectivity index (χ1v) is 6.71. The van der Waals surface area contributed by atoms with Gasteiger partial charge in [0.1, 0.15) is 17.1 Å². The van der Waals surface area contributed by atoms with E-state index in [0.29, 0.717) is 5.71 Å². The molecule has 108 valence electrons. The Morgan fingerprint density at radius 3 is 2.65 bits per heavy atom. The molecule has 1 N–H and O–H groups in total. The summed E-state index contributed by atoms with van der Waals surface area (Å²) in [6.07, 6.45) is 0. The van der Waals surface area contributed by atoms with Crippen molar-refractivity contribution in [3.63, 3.8) is 0 Å². The molecule has 0 bridgehead atoms. The number of halogens is 2. The van der Waals surface area contributed by atoms with Crippen molar-refractivity contribution in [1.29, 1.82) is 0 Å². The molecule has 1 aromatic rings. The predicted molar refractivity (Wildman–Crippen MR) is 79.3 cm³/mol. The van der Waals surface area contributed by atoms with Gasteiger partial charge in [-0.2, -0.15) is 0 Å². The number of carbonyl (C=O) groups is 1. The van der Waals surface area contributed by atoms with Gasteiger partial charge in [0.05, 0.1) is 11.1 Å². The highest BCUT2D eigenvalue weighted by Crippen LogP contribution is 2.23. The Balaban J connectivity index is 3.40. The van der Waals surface area contributed by atoms with Gasteiger partial charge >= 0.3 is 5.97 Å². The van der Waals surface area contributed by atoms with Crippen LogP contribution in [-0.2, 0) is 9.53 Å². The second kappa shape index (κ2) is 7.19. The van der Waals surface area contributed by atoms with E-state index in [0.717, 1.165) is 6.07 Å². The van der Waals surface area contributed by atoms with Crippen LogP contribution in [0.3, 0.4) is 0 Å². The highest BCUT2D eigenvalue weighted by molar-refractivity contribution is 9.10. The highest BCUT2D eigenvalue weighted by atomic mass is 79.9. The maximum Gasteiger partial charge on any atom is 0.343 e. The largest absolute Gasteiger partial charge is 0.506 e. The van der Waals surface area contributed by atoms with Gasteiger partial charge < -0.3 is 9.84 Å². The third kappa shape index (κ3) is 3.66. The lowest BCUT2D eigenvalue weighted by molar-refractivity contribution is -0.137. The smallest absolute Gasteiger partial charge is 0.343 e. The predicted octanol–water partition coefficient (Wildman–Crippen LogP) is 3.51. The first-order valence-electron chi connectivity index (χ1n) is 5.91. The average molecular weight is 344 g/mol. The first-order chi connectivity index (χ1) is 9.42. The molecule has 0 fully saturated rings. The van der Waals surface area contributed by atoms with Crippen LogP contribution in [0.2, 0.25) is 0 Å². The van der Waals surface area contributed by atoms with Gasteiger partial charge in [0.25, 0.3) is 0 Å². The number of carbonyl (C=O) groups excluding carboxylic acids is 1. The van der Waals surface area contributed by atoms with Crippen LogP contribution >= 0.6 is 15.9 Å². The molecule has 1 aromatic carbocycles. The van der Waals surface area contributed by atoms with Crippen LogP contribution in [0.1, 0.15) is 19.4 Å². The molecule has 0 amide bonds. The number of nitrogens with zero attached hydrogens (tertiary/aromatic N) is 1. The standard InChI is InChI=1S/C14H15BrFNO3/c1-4-20-14(19)12(8(2)17-3)13(18)9-5-6-10(15)11(16)7-9/h5-7,18H,4H2,1-3H3. The zero-order valence-electron chi connectivity index (χ0n) is 11.4. The second-order valence-electron chi connectivity index (χ2n) is 3.88. The van der Waals surface area contributed by atoms with Crippen molar-refractivity contribution in [2.24, 2.45) is 4.99 Å². The number of aliphatic hydroxyl groups is 1. The van der Waals surface area contributed by atoms with E-state index >= 15 is 0 Å². The fourth-order valence-electron chi connectivity index (χ4n) is 1.52. The number of aliphatic imine (C=N–C) groups is 1. The summed E-state index contributed by atoms with van der Waals surface area (Å²) in [6.45, 7) is 3.39. The Bertz CT molecular complexity index is 582. The molecule has 0 aliphatic heterocycles. The molecule has 1 rings (SSSR count). The summed E-state index contributed by atoms with van der Waals surface area (Å²) in [7, 11) is 1.49. The van der Waals surface area contributed by atoms with E-state index in [1.165, 1.54) is 19.2 Å². The van der Waals surface area contributed by atoms with Gasteiger partial charge in [-0.3, -0.25) is 4.99 Å². The summed E-state index contributed by atoms with van der Waals surface area (Å²) in [4.78, 5) is 15.8. The fraction of sp³-hybridized carbons (Fsp3) is 0.286. The van der Waals surface area contributed by atoms with Crippen LogP contribution in [0.25, 0.3) is 5.76 Å². The summed E-state index contributed by atoms with van der Waals surface area (Å²) >= 11 is 3.02. The maximum absolute atomic E-state index is 13.5. The normalized spacial score (nSPS) is 12.9. The minimum absolute atomic E-state index is 0.0731. The molecule has 0 radical (unpaired) electrons. The van der Waals surface area contributed by atoms with Crippen molar-refractivity contribution in [2.75, 3.05) is 13.7 Å². The first kappa shape index (κ1) is 16.4. The quantitative estimate of drug-likeness (QED) is 0.394. The Kier molecular flexibility index (Phi) is 5.88. The summed E-state index contributed by atoms with van der Waals surface area (Å²) < 4.78 is 18.7. The summed E-state index contributed by atoms with van der Waals surface area (Å²) in [5, 5.41) is 10.2. The van der Waals surface area contributed by atoms with Crippen molar-refractivity contribution in [2.45, 2.75) is 13.8 Å². The van der Waals surface area contributed by atoms with Crippen LogP contribution in [0.5, 0.6) is 0 Å². The minimum Gasteiger partial charge on any atom is -0.506 e. The van der Waals surface area contributed by atoms with Gasteiger partial charge in [-0.15, -0.1) is 0 Å². The molecule has 4 nitrogen and oxygen atoms in total. The lowest BCUT2D eigenvalue weighted by Gasteiger charge is -2.10. The third-order valence-corrected chi connectivity index (χ3v) is 3.25. The lowest BCUT2D eigenvalue weighted by atomic mass is 10.0. The molecule has 0 aliphatic rings. The van der Waals surface area contributed by atoms with Gasteiger partial charge in [0.15, 0.2) is 0 Å². The fourth-order valence-corrected chi connectivity index (χ4v) is 1.77. The molecule has 0 saturated heterocycles. The number of ether oxygens (including phenoxy) is 1. The number of hydrogen-bond acceptors (Lipinski definition) is 4. The summed E-state index contributed by atoms with van der Waals surface area (Å²) in [6, 6.07) is 4.06. The summed E-state index contributed by atoms with van der Waals surface area (Å²) in [5.74, 6) is -1.60. The van der Waals surface area contributed by atoms with Gasteiger partial charge in [0, 0.05) is 18.3 Å². The number of hydrogen-bond donors (Lipinski definition) is 1. The van der Waals surface area contributed by atoms with Crippen molar-refractivity contribution in [3.8, 4) is 0 Å². The zero-order valence-corrected chi connectivity index (χ0v) is 13.0. The Morgan fingerprint density at radius 1 is 1.50 bits per heavy atom. The van der Waals surface area contributed by atoms with E-state index in [4.69, 9.17) is 4.74 Å². The van der Waals surface area contributed by atoms with E-state index in [-0.39, 0.29) is 28.0 Å². The Hall–Kier alpha value is -1.69. The van der Waals surface area contributed by atoms with Crippen LogP contribution in [0.4, 0.5) is 4.39 Å². The van der Waals surface area contributed by atoms with E-state index in [1.54, 1.807) is 13.8 Å². The number of esters is 1. The molecule has 20 heavy (non-hydrogen) atoms. The van der Waals surface area contributed by atoms with Gasteiger partial charge in [-0.1, -0.05) is 0 Å². The number of aliphatic hydroxyl groups excluding tert-OH is 1. The van der Waals surface area contributed by atoms with E-state index < -0.39 is 11.8 Å². The molecule has 0 spiro atoms. The lowest BCUT2D eigenvalue weighted by Crippen LogP contribution is -2.16. The second-order valence-corrected chi connectivity index (χ2v) is 4.74. The van der Waals surface area contributed by atoms with E-state index in [1.807, 2.05) is 0 Å².